The maximum absolute atomic E-state index is 12.3. The average Bonchev–Trinajstić information content (AvgIpc) is 2.96. The first-order valence-corrected chi connectivity index (χ1v) is 8.10. The van der Waals surface area contributed by atoms with E-state index in [0.717, 1.165) is 5.56 Å². The Morgan fingerprint density at radius 2 is 1.96 bits per heavy atom. The summed E-state index contributed by atoms with van der Waals surface area (Å²) < 4.78 is 1.60. The number of anilines is 1. The van der Waals surface area contributed by atoms with Crippen molar-refractivity contribution in [2.24, 2.45) is 0 Å². The fraction of sp³-hybridized carbons (Fsp3) is 0.0556. The third-order valence-corrected chi connectivity index (χ3v) is 4.14. The van der Waals surface area contributed by atoms with E-state index >= 15 is 0 Å². The second-order valence-corrected chi connectivity index (χ2v) is 6.08. The summed E-state index contributed by atoms with van der Waals surface area (Å²) in [7, 11) is 0. The molecule has 1 N–H and O–H groups in total. The fourth-order valence-corrected chi connectivity index (χ4v) is 2.67. The number of carbonyl (C=O) groups excluding carboxylic acids is 1. The summed E-state index contributed by atoms with van der Waals surface area (Å²) in [6.07, 6.45) is 1.62. The summed E-state index contributed by atoms with van der Waals surface area (Å²) in [5.41, 5.74) is 1.65. The van der Waals surface area contributed by atoms with Gasteiger partial charge >= 0.3 is 0 Å². The molecule has 1 aromatic heterocycles. The molecule has 3 aromatic rings. The van der Waals surface area contributed by atoms with E-state index in [1.165, 1.54) is 6.07 Å². The molecule has 5 nitrogen and oxygen atoms in total. The van der Waals surface area contributed by atoms with E-state index in [-0.39, 0.29) is 11.7 Å². The average molecular weight is 371 g/mol. The summed E-state index contributed by atoms with van der Waals surface area (Å²) in [4.78, 5) is 12.3. The predicted molar refractivity (Wildman–Crippen MR) is 96.9 cm³/mol. The van der Waals surface area contributed by atoms with Crippen molar-refractivity contribution in [3.8, 4) is 6.07 Å². The number of halogens is 2. The number of amides is 1. The van der Waals surface area contributed by atoms with Gasteiger partial charge in [-0.15, -0.1) is 0 Å². The summed E-state index contributed by atoms with van der Waals surface area (Å²) in [6, 6.07) is 15.8. The number of hydrogen-bond donors (Lipinski definition) is 1. The standard InChI is InChI=1S/C18H12Cl2N4O/c19-15-7-2-1-5-14(15)10-24-11-16(20)17(23-24)22-18(25)13-6-3-4-12(8-13)9-21/h1-8,11H,10H2,(H,22,23,25). The summed E-state index contributed by atoms with van der Waals surface area (Å²) >= 11 is 12.3. The van der Waals surface area contributed by atoms with Gasteiger partial charge in [0.15, 0.2) is 5.82 Å². The van der Waals surface area contributed by atoms with Crippen LogP contribution in [0.1, 0.15) is 21.5 Å². The van der Waals surface area contributed by atoms with Crippen LogP contribution in [0.5, 0.6) is 0 Å². The predicted octanol–water partition coefficient (Wildman–Crippen LogP) is 4.36. The highest BCUT2D eigenvalue weighted by Gasteiger charge is 2.13. The maximum atomic E-state index is 12.3. The zero-order chi connectivity index (χ0) is 17.8. The molecule has 0 fully saturated rings. The van der Waals surface area contributed by atoms with Crippen LogP contribution in [-0.4, -0.2) is 15.7 Å². The minimum atomic E-state index is -0.387. The SMILES string of the molecule is N#Cc1cccc(C(=O)Nc2nn(Cc3ccccc3Cl)cc2Cl)c1. The Labute approximate surface area is 154 Å². The molecule has 7 heteroatoms. The number of nitrogens with zero attached hydrogens (tertiary/aromatic N) is 3. The lowest BCUT2D eigenvalue weighted by Gasteiger charge is -2.05. The third kappa shape index (κ3) is 4.00. The molecule has 25 heavy (non-hydrogen) atoms. The van der Waals surface area contributed by atoms with Crippen molar-refractivity contribution in [1.29, 1.82) is 5.26 Å². The van der Waals surface area contributed by atoms with Gasteiger partial charge in [-0.05, 0) is 29.8 Å². The lowest BCUT2D eigenvalue weighted by atomic mass is 10.1. The van der Waals surface area contributed by atoms with Gasteiger partial charge in [0.25, 0.3) is 5.91 Å². The third-order valence-electron chi connectivity index (χ3n) is 3.49. The highest BCUT2D eigenvalue weighted by atomic mass is 35.5. The number of nitrogens with one attached hydrogen (secondary N) is 1. The minimum Gasteiger partial charge on any atom is -0.304 e. The van der Waals surface area contributed by atoms with E-state index in [1.807, 2.05) is 24.3 Å². The zero-order valence-corrected chi connectivity index (χ0v) is 14.4. The molecule has 0 aliphatic rings. The van der Waals surface area contributed by atoms with E-state index < -0.39 is 0 Å². The van der Waals surface area contributed by atoms with Crippen molar-refractivity contribution >= 4 is 34.9 Å². The van der Waals surface area contributed by atoms with Gasteiger partial charge in [-0.2, -0.15) is 10.4 Å². The quantitative estimate of drug-likeness (QED) is 0.741. The molecule has 0 saturated heterocycles. The van der Waals surface area contributed by atoms with Gasteiger partial charge in [0, 0.05) is 16.8 Å². The Morgan fingerprint density at radius 3 is 2.72 bits per heavy atom. The van der Waals surface area contributed by atoms with E-state index in [9.17, 15) is 4.79 Å². The van der Waals surface area contributed by atoms with Crippen LogP contribution in [0, 0.1) is 11.3 Å². The summed E-state index contributed by atoms with van der Waals surface area (Å²) in [5.74, 6) is -0.136. The summed E-state index contributed by atoms with van der Waals surface area (Å²) in [5, 5.41) is 16.8. The van der Waals surface area contributed by atoms with Crippen LogP contribution < -0.4 is 5.32 Å². The number of aromatic nitrogens is 2. The lowest BCUT2D eigenvalue weighted by Crippen LogP contribution is -2.13. The molecule has 0 unspecified atom stereocenters. The largest absolute Gasteiger partial charge is 0.304 e. The second-order valence-electron chi connectivity index (χ2n) is 5.26. The topological polar surface area (TPSA) is 70.7 Å². The Kier molecular flexibility index (Phi) is 5.03. The highest BCUT2D eigenvalue weighted by Crippen LogP contribution is 2.22. The Hall–Kier alpha value is -2.81. The molecule has 0 aliphatic carbocycles. The van der Waals surface area contributed by atoms with Crippen LogP contribution in [0.2, 0.25) is 10.0 Å². The molecule has 0 spiro atoms. The monoisotopic (exact) mass is 370 g/mol. The number of hydrogen-bond acceptors (Lipinski definition) is 3. The van der Waals surface area contributed by atoms with Crippen molar-refractivity contribution in [3.05, 3.63) is 81.5 Å². The molecule has 124 valence electrons. The van der Waals surface area contributed by atoms with Gasteiger partial charge in [-0.25, -0.2) is 0 Å². The van der Waals surface area contributed by atoms with E-state index in [4.69, 9.17) is 28.5 Å². The van der Waals surface area contributed by atoms with Gasteiger partial charge in [-0.1, -0.05) is 47.5 Å². The number of carbonyl (C=O) groups is 1. The van der Waals surface area contributed by atoms with Crippen LogP contribution in [0.15, 0.2) is 54.7 Å². The Bertz CT molecular complexity index is 975. The molecular weight excluding hydrogens is 359 g/mol. The molecule has 1 heterocycles. The minimum absolute atomic E-state index is 0.251. The fourth-order valence-electron chi connectivity index (χ4n) is 2.27. The van der Waals surface area contributed by atoms with Crippen molar-refractivity contribution in [3.63, 3.8) is 0 Å². The van der Waals surface area contributed by atoms with Gasteiger partial charge in [0.05, 0.1) is 18.2 Å². The van der Waals surface area contributed by atoms with Gasteiger partial charge in [0.1, 0.15) is 5.02 Å². The molecule has 0 saturated carbocycles. The first-order chi connectivity index (χ1) is 12.1. The zero-order valence-electron chi connectivity index (χ0n) is 12.9. The van der Waals surface area contributed by atoms with Gasteiger partial charge in [0.2, 0.25) is 0 Å². The lowest BCUT2D eigenvalue weighted by molar-refractivity contribution is 0.102. The van der Waals surface area contributed by atoms with Gasteiger partial charge < -0.3 is 5.32 Å². The molecule has 0 atom stereocenters. The van der Waals surface area contributed by atoms with E-state index in [1.54, 1.807) is 35.1 Å². The van der Waals surface area contributed by atoms with Gasteiger partial charge in [-0.3, -0.25) is 9.48 Å². The summed E-state index contributed by atoms with van der Waals surface area (Å²) in [6.45, 7) is 0.430. The van der Waals surface area contributed by atoms with Crippen molar-refractivity contribution < 1.29 is 4.79 Å². The van der Waals surface area contributed by atoms with Crippen molar-refractivity contribution in [2.45, 2.75) is 6.54 Å². The van der Waals surface area contributed by atoms with E-state index in [0.29, 0.717) is 27.7 Å². The van der Waals surface area contributed by atoms with Crippen LogP contribution in [0.3, 0.4) is 0 Å². The number of rotatable bonds is 4. The van der Waals surface area contributed by atoms with Crippen LogP contribution in [0.4, 0.5) is 5.82 Å². The van der Waals surface area contributed by atoms with Crippen LogP contribution in [0.25, 0.3) is 0 Å². The molecule has 3 rings (SSSR count). The van der Waals surface area contributed by atoms with Crippen molar-refractivity contribution in [2.75, 3.05) is 5.32 Å². The number of nitriles is 1. The molecule has 1 amide bonds. The molecule has 2 aromatic carbocycles. The first-order valence-electron chi connectivity index (χ1n) is 7.34. The van der Waals surface area contributed by atoms with E-state index in [2.05, 4.69) is 10.4 Å². The number of benzene rings is 2. The molecule has 0 bridgehead atoms. The Balaban J connectivity index is 1.77. The van der Waals surface area contributed by atoms with Crippen LogP contribution >= 0.6 is 23.2 Å². The Morgan fingerprint density at radius 1 is 1.16 bits per heavy atom. The molecule has 0 radical (unpaired) electrons. The highest BCUT2D eigenvalue weighted by molar-refractivity contribution is 6.33. The normalized spacial score (nSPS) is 10.3. The first kappa shape index (κ1) is 17.0. The molecule has 0 aliphatic heterocycles. The maximum Gasteiger partial charge on any atom is 0.256 e. The smallest absolute Gasteiger partial charge is 0.256 e. The van der Waals surface area contributed by atoms with Crippen molar-refractivity contribution in [1.82, 2.24) is 9.78 Å². The second kappa shape index (κ2) is 7.39. The van der Waals surface area contributed by atoms with Crippen LogP contribution in [-0.2, 0) is 6.54 Å². The molecular formula is C18H12Cl2N4O.